The van der Waals surface area contributed by atoms with Gasteiger partial charge in [0.1, 0.15) is 5.75 Å². The Morgan fingerprint density at radius 1 is 1.00 bits per heavy atom. The van der Waals surface area contributed by atoms with Crippen LogP contribution in [0.4, 0.5) is 5.69 Å². The molecule has 0 heterocycles. The molecule has 0 amide bonds. The monoisotopic (exact) mass is 229 g/mol. The van der Waals surface area contributed by atoms with Crippen LogP contribution in [-0.4, -0.2) is 11.3 Å². The molecule has 0 saturated heterocycles. The molecule has 1 N–H and O–H groups in total. The highest BCUT2D eigenvalue weighted by Gasteiger charge is 1.94. The number of hydrogen-bond acceptors (Lipinski definition) is 3. The maximum absolute atomic E-state index is 9.53. The van der Waals surface area contributed by atoms with Crippen LogP contribution in [0, 0.1) is 0 Å². The molecule has 2 rings (SSSR count). The van der Waals surface area contributed by atoms with E-state index in [1.165, 1.54) is 0 Å². The molecule has 0 atom stereocenters. The van der Waals surface area contributed by atoms with E-state index in [0.717, 1.165) is 10.6 Å². The zero-order chi connectivity index (χ0) is 11.4. The maximum atomic E-state index is 9.53. The molecule has 3 heteroatoms. The van der Waals surface area contributed by atoms with Gasteiger partial charge in [-0.2, -0.15) is 0 Å². The lowest BCUT2D eigenvalue weighted by Gasteiger charge is -1.97. The second kappa shape index (κ2) is 4.86. The van der Waals surface area contributed by atoms with E-state index in [1.54, 1.807) is 18.3 Å². The van der Waals surface area contributed by atoms with Gasteiger partial charge in [0.05, 0.1) is 5.69 Å². The summed E-state index contributed by atoms with van der Waals surface area (Å²) in [5, 5.41) is 9.53. The van der Waals surface area contributed by atoms with Gasteiger partial charge in [0.15, 0.2) is 0 Å². The average Bonchev–Trinajstić information content (AvgIpc) is 2.30. The predicted octanol–water partition coefficient (Wildman–Crippen LogP) is 3.43. The summed E-state index contributed by atoms with van der Waals surface area (Å²) in [7, 11) is 0. The normalized spacial score (nSPS) is 10.8. The summed E-state index contributed by atoms with van der Waals surface area (Å²) >= 11 is 4.19. The standard InChI is InChI=1S/C13H11NOS/c15-13-4-2-1-3-10(13)9-14-11-5-7-12(16)8-6-11/h1-9,15-16H. The summed E-state index contributed by atoms with van der Waals surface area (Å²) in [4.78, 5) is 5.16. The average molecular weight is 229 g/mol. The minimum absolute atomic E-state index is 0.233. The molecule has 80 valence electrons. The highest BCUT2D eigenvalue weighted by Crippen LogP contribution is 2.17. The quantitative estimate of drug-likeness (QED) is 0.600. The molecule has 0 aromatic heterocycles. The third-order valence-electron chi connectivity index (χ3n) is 2.14. The van der Waals surface area contributed by atoms with Crippen molar-refractivity contribution in [2.24, 2.45) is 4.99 Å². The van der Waals surface area contributed by atoms with E-state index in [4.69, 9.17) is 0 Å². The highest BCUT2D eigenvalue weighted by atomic mass is 32.1. The maximum Gasteiger partial charge on any atom is 0.124 e. The molecule has 2 nitrogen and oxygen atoms in total. The third-order valence-corrected chi connectivity index (χ3v) is 2.44. The lowest BCUT2D eigenvalue weighted by atomic mass is 10.2. The summed E-state index contributed by atoms with van der Waals surface area (Å²) in [5.41, 5.74) is 1.54. The van der Waals surface area contributed by atoms with Crippen LogP contribution in [0.15, 0.2) is 58.4 Å². The van der Waals surface area contributed by atoms with Gasteiger partial charge in [-0.05, 0) is 36.4 Å². The summed E-state index contributed by atoms with van der Waals surface area (Å²) in [5.74, 6) is 0.233. The second-order valence-corrected chi connectivity index (χ2v) is 3.85. The fourth-order valence-electron chi connectivity index (χ4n) is 1.28. The Labute approximate surface area is 99.7 Å². The van der Waals surface area contributed by atoms with Gasteiger partial charge in [0.25, 0.3) is 0 Å². The van der Waals surface area contributed by atoms with Gasteiger partial charge in [-0.15, -0.1) is 12.6 Å². The first-order valence-electron chi connectivity index (χ1n) is 4.87. The number of aliphatic imine (C=N–C) groups is 1. The zero-order valence-corrected chi connectivity index (χ0v) is 9.43. The van der Waals surface area contributed by atoms with E-state index in [2.05, 4.69) is 17.6 Å². The molecule has 0 aliphatic carbocycles. The van der Waals surface area contributed by atoms with Gasteiger partial charge in [-0.3, -0.25) is 4.99 Å². The Bertz CT molecular complexity index is 506. The number of hydrogen-bond donors (Lipinski definition) is 2. The molecular weight excluding hydrogens is 218 g/mol. The fraction of sp³-hybridized carbons (Fsp3) is 0. The largest absolute Gasteiger partial charge is 0.507 e. The van der Waals surface area contributed by atoms with E-state index in [0.29, 0.717) is 5.56 Å². The van der Waals surface area contributed by atoms with E-state index in [1.807, 2.05) is 36.4 Å². The van der Waals surface area contributed by atoms with E-state index >= 15 is 0 Å². The van der Waals surface area contributed by atoms with Crippen molar-refractivity contribution in [1.29, 1.82) is 0 Å². The number of para-hydroxylation sites is 1. The van der Waals surface area contributed by atoms with E-state index in [-0.39, 0.29) is 5.75 Å². The van der Waals surface area contributed by atoms with Crippen molar-refractivity contribution in [3.8, 4) is 5.75 Å². The molecule has 0 aliphatic rings. The van der Waals surface area contributed by atoms with Gasteiger partial charge in [0.2, 0.25) is 0 Å². The smallest absolute Gasteiger partial charge is 0.124 e. The molecule has 2 aromatic carbocycles. The van der Waals surface area contributed by atoms with Crippen molar-refractivity contribution in [1.82, 2.24) is 0 Å². The van der Waals surface area contributed by atoms with E-state index in [9.17, 15) is 5.11 Å². The molecule has 0 spiro atoms. The van der Waals surface area contributed by atoms with Crippen molar-refractivity contribution < 1.29 is 5.11 Å². The lowest BCUT2D eigenvalue weighted by molar-refractivity contribution is 0.474. The van der Waals surface area contributed by atoms with Crippen LogP contribution >= 0.6 is 12.6 Å². The summed E-state index contributed by atoms with van der Waals surface area (Å²) in [6.45, 7) is 0. The predicted molar refractivity (Wildman–Crippen MR) is 69.1 cm³/mol. The first-order valence-corrected chi connectivity index (χ1v) is 5.31. The number of benzene rings is 2. The summed E-state index contributed by atoms with van der Waals surface area (Å²) < 4.78 is 0. The Morgan fingerprint density at radius 2 is 1.69 bits per heavy atom. The number of rotatable bonds is 2. The van der Waals surface area contributed by atoms with E-state index < -0.39 is 0 Å². The molecule has 0 bridgehead atoms. The van der Waals surface area contributed by atoms with Crippen LogP contribution < -0.4 is 0 Å². The van der Waals surface area contributed by atoms with Gasteiger partial charge < -0.3 is 5.11 Å². The van der Waals surface area contributed by atoms with Gasteiger partial charge in [0, 0.05) is 16.7 Å². The van der Waals surface area contributed by atoms with Crippen molar-refractivity contribution >= 4 is 24.5 Å². The van der Waals surface area contributed by atoms with Crippen molar-refractivity contribution in [2.75, 3.05) is 0 Å². The van der Waals surface area contributed by atoms with Crippen LogP contribution in [0.3, 0.4) is 0 Å². The van der Waals surface area contributed by atoms with Crippen LogP contribution in [0.1, 0.15) is 5.56 Å². The Kier molecular flexibility index (Phi) is 3.27. The number of phenolic OH excluding ortho intramolecular Hbond substituents is 1. The summed E-state index contributed by atoms with van der Waals surface area (Å²) in [6, 6.07) is 14.6. The van der Waals surface area contributed by atoms with Gasteiger partial charge >= 0.3 is 0 Å². The molecule has 2 aromatic rings. The highest BCUT2D eigenvalue weighted by molar-refractivity contribution is 7.80. The number of aromatic hydroxyl groups is 1. The minimum Gasteiger partial charge on any atom is -0.507 e. The Balaban J connectivity index is 2.21. The topological polar surface area (TPSA) is 32.6 Å². The Hall–Kier alpha value is -1.74. The minimum atomic E-state index is 0.233. The SMILES string of the molecule is Oc1ccccc1C=Nc1ccc(S)cc1. The van der Waals surface area contributed by atoms with Crippen molar-refractivity contribution in [3.05, 3.63) is 54.1 Å². The van der Waals surface area contributed by atoms with Crippen molar-refractivity contribution in [2.45, 2.75) is 4.90 Å². The van der Waals surface area contributed by atoms with Crippen molar-refractivity contribution in [3.63, 3.8) is 0 Å². The van der Waals surface area contributed by atoms with Crippen LogP contribution in [-0.2, 0) is 0 Å². The molecule has 16 heavy (non-hydrogen) atoms. The molecular formula is C13H11NOS. The molecule has 0 saturated carbocycles. The first-order chi connectivity index (χ1) is 7.75. The first kappa shape index (κ1) is 10.8. The molecule has 0 unspecified atom stereocenters. The second-order valence-electron chi connectivity index (χ2n) is 3.33. The number of nitrogens with zero attached hydrogens (tertiary/aromatic N) is 1. The molecule has 0 aliphatic heterocycles. The van der Waals surface area contributed by atoms with Gasteiger partial charge in [-0.25, -0.2) is 0 Å². The van der Waals surface area contributed by atoms with Gasteiger partial charge in [-0.1, -0.05) is 12.1 Å². The lowest BCUT2D eigenvalue weighted by Crippen LogP contribution is -1.80. The van der Waals surface area contributed by atoms with Crippen LogP contribution in [0.2, 0.25) is 0 Å². The van der Waals surface area contributed by atoms with Crippen LogP contribution in [0.25, 0.3) is 0 Å². The molecule has 0 fully saturated rings. The Morgan fingerprint density at radius 3 is 2.38 bits per heavy atom. The third kappa shape index (κ3) is 2.64. The number of phenols is 1. The van der Waals surface area contributed by atoms with Crippen LogP contribution in [0.5, 0.6) is 5.75 Å². The molecule has 0 radical (unpaired) electrons. The zero-order valence-electron chi connectivity index (χ0n) is 8.54. The summed E-state index contributed by atoms with van der Waals surface area (Å²) in [6.07, 6.45) is 1.64. The number of thiol groups is 1. The fourth-order valence-corrected chi connectivity index (χ4v) is 1.43.